The lowest BCUT2D eigenvalue weighted by Crippen LogP contribution is -2.39. The van der Waals surface area contributed by atoms with Gasteiger partial charge in [0, 0.05) is 44.6 Å². The molecule has 1 atom stereocenters. The molecular weight excluding hydrogens is 326 g/mol. The second kappa shape index (κ2) is 7.72. The lowest BCUT2D eigenvalue weighted by atomic mass is 10.00. The third-order valence-electron chi connectivity index (χ3n) is 4.66. The van der Waals surface area contributed by atoms with Crippen LogP contribution >= 0.6 is 0 Å². The molecule has 2 aromatic rings. The van der Waals surface area contributed by atoms with Crippen LogP contribution in [0.2, 0.25) is 0 Å². The highest BCUT2D eigenvalue weighted by molar-refractivity contribution is 5.93. The molecule has 1 aliphatic heterocycles. The van der Waals surface area contributed by atoms with E-state index in [1.165, 1.54) is 6.42 Å². The number of amides is 1. The zero-order chi connectivity index (χ0) is 18.7. The Morgan fingerprint density at radius 2 is 1.96 bits per heavy atom. The first-order valence-corrected chi connectivity index (χ1v) is 9.12. The van der Waals surface area contributed by atoms with Gasteiger partial charge in [-0.05, 0) is 49.9 Å². The Kier molecular flexibility index (Phi) is 5.40. The molecule has 26 heavy (non-hydrogen) atoms. The molecule has 3 rings (SSSR count). The zero-order valence-corrected chi connectivity index (χ0v) is 16.0. The van der Waals surface area contributed by atoms with E-state index >= 15 is 0 Å². The Morgan fingerprint density at radius 1 is 1.23 bits per heavy atom. The molecule has 1 unspecified atom stereocenters. The van der Waals surface area contributed by atoms with Gasteiger partial charge in [0.1, 0.15) is 17.3 Å². The Bertz CT molecular complexity index is 772. The van der Waals surface area contributed by atoms with Gasteiger partial charge in [-0.1, -0.05) is 6.92 Å². The van der Waals surface area contributed by atoms with Crippen molar-refractivity contribution in [3.05, 3.63) is 41.9 Å². The number of piperidine rings is 1. The molecule has 6 heteroatoms. The maximum Gasteiger partial charge on any atom is 0.272 e. The van der Waals surface area contributed by atoms with E-state index in [1.54, 1.807) is 6.07 Å². The van der Waals surface area contributed by atoms with Crippen LogP contribution in [0.3, 0.4) is 0 Å². The van der Waals surface area contributed by atoms with Crippen LogP contribution in [0.5, 0.6) is 0 Å². The smallest absolute Gasteiger partial charge is 0.272 e. The summed E-state index contributed by atoms with van der Waals surface area (Å²) < 4.78 is 0. The van der Waals surface area contributed by atoms with Crippen molar-refractivity contribution in [1.29, 1.82) is 0 Å². The number of hydrogen-bond acceptors (Lipinski definition) is 5. The van der Waals surface area contributed by atoms with Crippen molar-refractivity contribution in [2.45, 2.75) is 26.7 Å². The van der Waals surface area contributed by atoms with E-state index < -0.39 is 0 Å². The minimum Gasteiger partial charge on any atom is -0.378 e. The molecule has 1 N–H and O–H groups in total. The summed E-state index contributed by atoms with van der Waals surface area (Å²) in [6.07, 6.45) is 2.24. The van der Waals surface area contributed by atoms with Gasteiger partial charge in [0.25, 0.3) is 5.91 Å². The molecule has 0 saturated carbocycles. The van der Waals surface area contributed by atoms with E-state index in [4.69, 9.17) is 0 Å². The van der Waals surface area contributed by atoms with E-state index in [9.17, 15) is 4.79 Å². The number of benzene rings is 1. The number of rotatable bonds is 4. The molecule has 1 saturated heterocycles. The summed E-state index contributed by atoms with van der Waals surface area (Å²) in [4.78, 5) is 25.6. The van der Waals surface area contributed by atoms with E-state index in [2.05, 4.69) is 27.1 Å². The summed E-state index contributed by atoms with van der Waals surface area (Å²) in [6, 6.07) is 9.82. The van der Waals surface area contributed by atoms with Gasteiger partial charge < -0.3 is 15.1 Å². The minimum absolute atomic E-state index is 0.00643. The molecule has 6 nitrogen and oxygen atoms in total. The number of likely N-dealkylation sites (tertiary alicyclic amines) is 1. The molecule has 138 valence electrons. The summed E-state index contributed by atoms with van der Waals surface area (Å²) in [5, 5.41) is 3.28. The third-order valence-corrected chi connectivity index (χ3v) is 4.66. The van der Waals surface area contributed by atoms with Gasteiger partial charge >= 0.3 is 0 Å². The Hall–Kier alpha value is -2.63. The van der Waals surface area contributed by atoms with Crippen LogP contribution in [-0.4, -0.2) is 48.0 Å². The lowest BCUT2D eigenvalue weighted by molar-refractivity contribution is 0.0676. The van der Waals surface area contributed by atoms with Crippen LogP contribution in [0.25, 0.3) is 0 Å². The number of carbonyl (C=O) groups is 1. The van der Waals surface area contributed by atoms with Crippen molar-refractivity contribution < 1.29 is 4.79 Å². The van der Waals surface area contributed by atoms with Crippen LogP contribution in [0.1, 0.15) is 36.1 Å². The van der Waals surface area contributed by atoms with Gasteiger partial charge in [-0.3, -0.25) is 4.79 Å². The molecule has 1 amide bonds. The molecule has 0 radical (unpaired) electrons. The highest BCUT2D eigenvalue weighted by Gasteiger charge is 2.23. The SMILES string of the molecule is Cc1nc(Nc2ccc(N(C)C)cc2)cc(C(=O)N2CCCC(C)C2)n1. The van der Waals surface area contributed by atoms with Crippen LogP contribution < -0.4 is 10.2 Å². The largest absolute Gasteiger partial charge is 0.378 e. The Labute approximate surface area is 155 Å². The molecule has 0 spiro atoms. The maximum absolute atomic E-state index is 12.8. The predicted octanol–water partition coefficient (Wildman–Crippen LogP) is 3.47. The molecule has 0 aliphatic carbocycles. The lowest BCUT2D eigenvalue weighted by Gasteiger charge is -2.30. The second-order valence-electron chi connectivity index (χ2n) is 7.25. The normalized spacial score (nSPS) is 17.1. The molecule has 0 bridgehead atoms. The average molecular weight is 353 g/mol. The van der Waals surface area contributed by atoms with Gasteiger partial charge in [0.2, 0.25) is 0 Å². The second-order valence-corrected chi connectivity index (χ2v) is 7.25. The van der Waals surface area contributed by atoms with Gasteiger partial charge in [-0.15, -0.1) is 0 Å². The highest BCUT2D eigenvalue weighted by atomic mass is 16.2. The summed E-state index contributed by atoms with van der Waals surface area (Å²) >= 11 is 0. The average Bonchev–Trinajstić information content (AvgIpc) is 2.61. The summed E-state index contributed by atoms with van der Waals surface area (Å²) in [5.74, 6) is 1.77. The number of hydrogen-bond donors (Lipinski definition) is 1. The molecule has 2 heterocycles. The van der Waals surface area contributed by atoms with Crippen LogP contribution in [0, 0.1) is 12.8 Å². The minimum atomic E-state index is -0.00643. The van der Waals surface area contributed by atoms with E-state index in [1.807, 2.05) is 50.2 Å². The van der Waals surface area contributed by atoms with Crippen molar-refractivity contribution in [1.82, 2.24) is 14.9 Å². The maximum atomic E-state index is 12.8. The first-order chi connectivity index (χ1) is 12.4. The highest BCUT2D eigenvalue weighted by Crippen LogP contribution is 2.21. The van der Waals surface area contributed by atoms with Crippen LogP contribution in [0.15, 0.2) is 30.3 Å². The summed E-state index contributed by atoms with van der Waals surface area (Å²) in [5.41, 5.74) is 2.52. The topological polar surface area (TPSA) is 61.4 Å². The first-order valence-electron chi connectivity index (χ1n) is 9.12. The molecule has 1 aliphatic rings. The number of nitrogens with one attached hydrogen (secondary N) is 1. The summed E-state index contributed by atoms with van der Waals surface area (Å²) in [6.45, 7) is 5.61. The van der Waals surface area contributed by atoms with Crippen LogP contribution in [0.4, 0.5) is 17.2 Å². The van der Waals surface area contributed by atoms with Gasteiger partial charge in [-0.25, -0.2) is 9.97 Å². The quantitative estimate of drug-likeness (QED) is 0.912. The molecule has 1 fully saturated rings. The van der Waals surface area contributed by atoms with Crippen molar-refractivity contribution in [2.75, 3.05) is 37.4 Å². The van der Waals surface area contributed by atoms with E-state index in [-0.39, 0.29) is 5.91 Å². The van der Waals surface area contributed by atoms with Crippen molar-refractivity contribution in [2.24, 2.45) is 5.92 Å². The fourth-order valence-electron chi connectivity index (χ4n) is 3.27. The number of carbonyl (C=O) groups excluding carboxylic acids is 1. The molecular formula is C20H27N5O. The van der Waals surface area contributed by atoms with E-state index in [0.717, 1.165) is 30.9 Å². The van der Waals surface area contributed by atoms with Crippen molar-refractivity contribution in [3.63, 3.8) is 0 Å². The standard InChI is InChI=1S/C20H27N5O/c1-14-6-5-11-25(13-14)20(26)18-12-19(22-15(2)21-18)23-16-7-9-17(10-8-16)24(3)4/h7-10,12,14H,5-6,11,13H2,1-4H3,(H,21,22,23). The number of anilines is 3. The third kappa shape index (κ3) is 4.31. The fourth-order valence-corrected chi connectivity index (χ4v) is 3.27. The number of aryl methyl sites for hydroxylation is 1. The van der Waals surface area contributed by atoms with Gasteiger partial charge in [0.15, 0.2) is 0 Å². The van der Waals surface area contributed by atoms with Crippen molar-refractivity contribution >= 4 is 23.1 Å². The fraction of sp³-hybridized carbons (Fsp3) is 0.450. The zero-order valence-electron chi connectivity index (χ0n) is 16.0. The predicted molar refractivity (Wildman–Crippen MR) is 105 cm³/mol. The Balaban J connectivity index is 1.77. The molecule has 1 aromatic carbocycles. The van der Waals surface area contributed by atoms with E-state index in [0.29, 0.717) is 23.3 Å². The van der Waals surface area contributed by atoms with Crippen molar-refractivity contribution in [3.8, 4) is 0 Å². The number of nitrogens with zero attached hydrogens (tertiary/aromatic N) is 4. The monoisotopic (exact) mass is 353 g/mol. The summed E-state index contributed by atoms with van der Waals surface area (Å²) in [7, 11) is 4.02. The number of aromatic nitrogens is 2. The van der Waals surface area contributed by atoms with Gasteiger partial charge in [0.05, 0.1) is 0 Å². The van der Waals surface area contributed by atoms with Gasteiger partial charge in [-0.2, -0.15) is 0 Å². The Morgan fingerprint density at radius 3 is 2.62 bits per heavy atom. The van der Waals surface area contributed by atoms with Crippen LogP contribution in [-0.2, 0) is 0 Å². The molecule has 1 aromatic heterocycles. The first kappa shape index (κ1) is 18.2.